The molecule has 3 N–H and O–H groups in total. The average molecular weight is 247 g/mol. The fraction of sp³-hybridized carbons (Fsp3) is 0.600. The fourth-order valence-corrected chi connectivity index (χ4v) is 2.68. The summed E-state index contributed by atoms with van der Waals surface area (Å²) < 4.78 is 0. The summed E-state index contributed by atoms with van der Waals surface area (Å²) in [6.07, 6.45) is 3.59. The van der Waals surface area contributed by atoms with Crippen LogP contribution in [0.3, 0.4) is 0 Å². The molecule has 3 nitrogen and oxygen atoms in total. The molecule has 0 spiro atoms. The molecule has 0 amide bonds. The Bertz CT molecular complexity index is 389. The lowest BCUT2D eigenvalue weighted by molar-refractivity contribution is 0.539. The van der Waals surface area contributed by atoms with Gasteiger partial charge >= 0.3 is 0 Å². The molecule has 0 saturated carbocycles. The molecule has 1 atom stereocenters. The Hall–Kier alpha value is -1.06. The van der Waals surface area contributed by atoms with Crippen LogP contribution >= 0.6 is 0 Å². The average Bonchev–Trinajstić information content (AvgIpc) is 2.40. The van der Waals surface area contributed by atoms with E-state index in [4.69, 9.17) is 5.73 Å². The summed E-state index contributed by atoms with van der Waals surface area (Å²) in [6, 6.07) is 7.11. The molecule has 100 valence electrons. The third-order valence-electron chi connectivity index (χ3n) is 3.73. The lowest BCUT2D eigenvalue weighted by Crippen LogP contribution is -2.29. The van der Waals surface area contributed by atoms with Gasteiger partial charge in [0.25, 0.3) is 0 Å². The van der Waals surface area contributed by atoms with Crippen molar-refractivity contribution in [3.63, 3.8) is 0 Å². The number of benzene rings is 1. The van der Waals surface area contributed by atoms with Gasteiger partial charge in [-0.05, 0) is 43.0 Å². The van der Waals surface area contributed by atoms with Crippen molar-refractivity contribution in [2.75, 3.05) is 31.6 Å². The van der Waals surface area contributed by atoms with E-state index in [1.54, 1.807) is 0 Å². The van der Waals surface area contributed by atoms with Crippen molar-refractivity contribution in [1.29, 1.82) is 0 Å². The molecule has 3 heteroatoms. The molecule has 1 unspecified atom stereocenters. The predicted octanol–water partition coefficient (Wildman–Crippen LogP) is 2.07. The second-order valence-corrected chi connectivity index (χ2v) is 5.16. The van der Waals surface area contributed by atoms with Crippen molar-refractivity contribution < 1.29 is 0 Å². The number of aryl methyl sites for hydroxylation is 1. The van der Waals surface area contributed by atoms with Gasteiger partial charge in [0, 0.05) is 31.9 Å². The third-order valence-corrected chi connectivity index (χ3v) is 3.73. The van der Waals surface area contributed by atoms with Crippen molar-refractivity contribution in [1.82, 2.24) is 5.32 Å². The minimum atomic E-state index is 0.294. The number of hydrogen-bond donors (Lipinski definition) is 2. The maximum Gasteiger partial charge on any atom is 0.0444 e. The van der Waals surface area contributed by atoms with Gasteiger partial charge in [-0.1, -0.05) is 19.1 Å². The van der Waals surface area contributed by atoms with E-state index < -0.39 is 0 Å². The molecule has 0 aromatic heterocycles. The Morgan fingerprint density at radius 1 is 1.44 bits per heavy atom. The Labute approximate surface area is 110 Å². The Kier molecular flexibility index (Phi) is 4.61. The van der Waals surface area contributed by atoms with E-state index in [2.05, 4.69) is 42.4 Å². The topological polar surface area (TPSA) is 41.3 Å². The second-order valence-electron chi connectivity index (χ2n) is 5.16. The predicted molar refractivity (Wildman–Crippen MR) is 78.1 cm³/mol. The maximum atomic E-state index is 5.88. The molecule has 0 bridgehead atoms. The van der Waals surface area contributed by atoms with Crippen molar-refractivity contribution in [2.45, 2.75) is 32.2 Å². The first-order valence-corrected chi connectivity index (χ1v) is 7.03. The molecule has 1 aromatic rings. The van der Waals surface area contributed by atoms with E-state index in [0.29, 0.717) is 12.6 Å². The summed E-state index contributed by atoms with van der Waals surface area (Å²) in [5, 5.41) is 3.51. The van der Waals surface area contributed by atoms with Gasteiger partial charge in [0.2, 0.25) is 0 Å². The number of fused-ring (bicyclic) bond motifs is 1. The second kappa shape index (κ2) is 6.21. The minimum Gasteiger partial charge on any atom is -0.374 e. The highest BCUT2D eigenvalue weighted by molar-refractivity contribution is 5.56. The molecule has 0 radical (unpaired) electrons. The molecule has 1 aromatic carbocycles. The van der Waals surface area contributed by atoms with Crippen LogP contribution in [-0.2, 0) is 6.42 Å². The van der Waals surface area contributed by atoms with E-state index in [1.165, 1.54) is 36.2 Å². The van der Waals surface area contributed by atoms with Gasteiger partial charge in [-0.25, -0.2) is 0 Å². The van der Waals surface area contributed by atoms with Crippen LogP contribution in [0.2, 0.25) is 0 Å². The minimum absolute atomic E-state index is 0.294. The van der Waals surface area contributed by atoms with E-state index in [1.807, 2.05) is 0 Å². The summed E-state index contributed by atoms with van der Waals surface area (Å²) in [7, 11) is 2.17. The van der Waals surface area contributed by atoms with Gasteiger partial charge in [0.1, 0.15) is 0 Å². The fourth-order valence-electron chi connectivity index (χ4n) is 2.68. The number of nitrogens with two attached hydrogens (primary N) is 1. The first kappa shape index (κ1) is 13.4. The number of rotatable bonds is 5. The van der Waals surface area contributed by atoms with Crippen LogP contribution < -0.4 is 16.0 Å². The molecule has 2 rings (SSSR count). The van der Waals surface area contributed by atoms with E-state index in [-0.39, 0.29) is 0 Å². The normalized spacial score (nSPS) is 16.5. The largest absolute Gasteiger partial charge is 0.374 e. The van der Waals surface area contributed by atoms with Crippen molar-refractivity contribution in [2.24, 2.45) is 5.73 Å². The molecule has 1 aliphatic heterocycles. The molecule has 0 saturated heterocycles. The molecular formula is C15H25N3. The molecule has 0 aliphatic carbocycles. The first-order valence-electron chi connectivity index (χ1n) is 7.03. The number of anilines is 1. The summed E-state index contributed by atoms with van der Waals surface area (Å²) in [5.74, 6) is 0. The standard InChI is InChI=1S/C15H25N3/c1-3-8-17-14(11-16)12-6-7-15-13(10-12)5-4-9-18(15)2/h6-7,10,14,17H,3-5,8-9,11,16H2,1-2H3. The van der Waals surface area contributed by atoms with Gasteiger partial charge in [-0.2, -0.15) is 0 Å². The quantitative estimate of drug-likeness (QED) is 0.837. The van der Waals surface area contributed by atoms with Gasteiger partial charge < -0.3 is 16.0 Å². The molecule has 1 heterocycles. The third kappa shape index (κ3) is 2.85. The van der Waals surface area contributed by atoms with Crippen molar-refractivity contribution in [3.05, 3.63) is 29.3 Å². The van der Waals surface area contributed by atoms with Crippen LogP contribution in [0.4, 0.5) is 5.69 Å². The summed E-state index contributed by atoms with van der Waals surface area (Å²) >= 11 is 0. The number of nitrogens with one attached hydrogen (secondary N) is 1. The molecule has 18 heavy (non-hydrogen) atoms. The summed E-state index contributed by atoms with van der Waals surface area (Å²) in [5.41, 5.74) is 10.1. The molecule has 0 fully saturated rings. The SMILES string of the molecule is CCCNC(CN)c1ccc2c(c1)CCCN2C. The first-order chi connectivity index (χ1) is 8.76. The molecular weight excluding hydrogens is 222 g/mol. The highest BCUT2D eigenvalue weighted by atomic mass is 15.1. The summed E-state index contributed by atoms with van der Waals surface area (Å²) in [4.78, 5) is 2.35. The Morgan fingerprint density at radius 3 is 3.00 bits per heavy atom. The maximum absolute atomic E-state index is 5.88. The van der Waals surface area contributed by atoms with Crippen molar-refractivity contribution >= 4 is 5.69 Å². The van der Waals surface area contributed by atoms with Crippen LogP contribution in [0.5, 0.6) is 0 Å². The van der Waals surface area contributed by atoms with E-state index in [0.717, 1.165) is 13.0 Å². The van der Waals surface area contributed by atoms with Crippen LogP contribution in [0.15, 0.2) is 18.2 Å². The summed E-state index contributed by atoms with van der Waals surface area (Å²) in [6.45, 7) is 5.04. The lowest BCUT2D eigenvalue weighted by Gasteiger charge is -2.29. The Morgan fingerprint density at radius 2 is 2.28 bits per heavy atom. The van der Waals surface area contributed by atoms with Crippen LogP contribution in [0.25, 0.3) is 0 Å². The highest BCUT2D eigenvalue weighted by Crippen LogP contribution is 2.28. The van der Waals surface area contributed by atoms with Gasteiger partial charge in [0.05, 0.1) is 0 Å². The van der Waals surface area contributed by atoms with Crippen LogP contribution in [0.1, 0.15) is 36.9 Å². The van der Waals surface area contributed by atoms with Crippen LogP contribution in [0, 0.1) is 0 Å². The van der Waals surface area contributed by atoms with Crippen molar-refractivity contribution in [3.8, 4) is 0 Å². The number of nitrogens with zero attached hydrogens (tertiary/aromatic N) is 1. The van der Waals surface area contributed by atoms with E-state index in [9.17, 15) is 0 Å². The van der Waals surface area contributed by atoms with Gasteiger partial charge in [-0.15, -0.1) is 0 Å². The Balaban J connectivity index is 2.18. The zero-order chi connectivity index (χ0) is 13.0. The van der Waals surface area contributed by atoms with Gasteiger partial charge in [-0.3, -0.25) is 0 Å². The van der Waals surface area contributed by atoms with Crippen LogP contribution in [-0.4, -0.2) is 26.7 Å². The zero-order valence-corrected chi connectivity index (χ0v) is 11.6. The number of hydrogen-bond acceptors (Lipinski definition) is 3. The smallest absolute Gasteiger partial charge is 0.0444 e. The lowest BCUT2D eigenvalue weighted by atomic mass is 9.96. The molecule has 1 aliphatic rings. The zero-order valence-electron chi connectivity index (χ0n) is 11.6. The van der Waals surface area contributed by atoms with E-state index >= 15 is 0 Å². The van der Waals surface area contributed by atoms with Gasteiger partial charge in [0.15, 0.2) is 0 Å². The monoisotopic (exact) mass is 247 g/mol. The highest BCUT2D eigenvalue weighted by Gasteiger charge is 2.16.